The number of ether oxygens (including phenoxy) is 1. The van der Waals surface area contributed by atoms with E-state index in [0.717, 1.165) is 25.0 Å². The first kappa shape index (κ1) is 15.6. The molecule has 1 aliphatic carbocycles. The van der Waals surface area contributed by atoms with E-state index in [-0.39, 0.29) is 18.1 Å². The Morgan fingerprint density at radius 2 is 2.09 bits per heavy atom. The van der Waals surface area contributed by atoms with Crippen LogP contribution in [0.1, 0.15) is 29.8 Å². The molecule has 0 aliphatic heterocycles. The number of nitrogens with zero attached hydrogens (tertiary/aromatic N) is 2. The van der Waals surface area contributed by atoms with Crippen LogP contribution in [0.5, 0.6) is 5.75 Å². The molecule has 122 valence electrons. The van der Waals surface area contributed by atoms with E-state index in [2.05, 4.69) is 10.4 Å². The molecule has 0 bridgehead atoms. The van der Waals surface area contributed by atoms with E-state index in [4.69, 9.17) is 4.74 Å². The van der Waals surface area contributed by atoms with Crippen LogP contribution in [0.25, 0.3) is 0 Å². The van der Waals surface area contributed by atoms with Crippen LogP contribution in [0.3, 0.4) is 0 Å². The molecule has 23 heavy (non-hydrogen) atoms. The van der Waals surface area contributed by atoms with Gasteiger partial charge in [0.05, 0.1) is 6.04 Å². The zero-order chi connectivity index (χ0) is 16.2. The van der Waals surface area contributed by atoms with Crippen LogP contribution in [-0.2, 0) is 7.05 Å². The Morgan fingerprint density at radius 1 is 1.30 bits per heavy atom. The van der Waals surface area contributed by atoms with Crippen LogP contribution < -0.4 is 10.1 Å². The van der Waals surface area contributed by atoms with E-state index in [1.165, 1.54) is 0 Å². The zero-order valence-corrected chi connectivity index (χ0v) is 13.1. The maximum atomic E-state index is 12.2. The minimum Gasteiger partial charge on any atom is -0.488 e. The van der Waals surface area contributed by atoms with Crippen molar-refractivity contribution in [1.82, 2.24) is 15.1 Å². The highest BCUT2D eigenvalue weighted by Gasteiger charge is 2.34. The third kappa shape index (κ3) is 3.71. The van der Waals surface area contributed by atoms with Gasteiger partial charge in [0.2, 0.25) is 0 Å². The summed E-state index contributed by atoms with van der Waals surface area (Å²) in [5.41, 5.74) is 0.353. The predicted octanol–water partition coefficient (Wildman–Crippen LogP) is 1.51. The van der Waals surface area contributed by atoms with Gasteiger partial charge in [0.25, 0.3) is 5.91 Å². The van der Waals surface area contributed by atoms with Crippen molar-refractivity contribution in [2.24, 2.45) is 7.05 Å². The van der Waals surface area contributed by atoms with Gasteiger partial charge >= 0.3 is 0 Å². The van der Waals surface area contributed by atoms with Gasteiger partial charge in [0.15, 0.2) is 0 Å². The Hall–Kier alpha value is -2.34. The van der Waals surface area contributed by atoms with Crippen molar-refractivity contribution in [1.29, 1.82) is 0 Å². The van der Waals surface area contributed by atoms with Crippen LogP contribution in [0, 0.1) is 0 Å². The molecule has 0 spiro atoms. The molecule has 6 heteroatoms. The summed E-state index contributed by atoms with van der Waals surface area (Å²) in [5, 5.41) is 17.5. The summed E-state index contributed by atoms with van der Waals surface area (Å²) in [6.45, 7) is 0. The van der Waals surface area contributed by atoms with E-state index in [9.17, 15) is 9.90 Å². The van der Waals surface area contributed by atoms with Crippen molar-refractivity contribution in [3.05, 3.63) is 48.3 Å². The SMILES string of the molecule is Cn1ccc(C(=O)N[C@@H]2CCC[C@@H](Oc3ccccc3)[C@@H]2O)n1. The van der Waals surface area contributed by atoms with Crippen molar-refractivity contribution in [3.63, 3.8) is 0 Å². The van der Waals surface area contributed by atoms with Crippen LogP contribution in [-0.4, -0.2) is 39.0 Å². The summed E-state index contributed by atoms with van der Waals surface area (Å²) in [6.07, 6.45) is 3.05. The molecule has 3 atom stereocenters. The lowest BCUT2D eigenvalue weighted by atomic mass is 9.89. The zero-order valence-electron chi connectivity index (χ0n) is 13.1. The van der Waals surface area contributed by atoms with E-state index in [0.29, 0.717) is 5.69 Å². The third-order valence-corrected chi connectivity index (χ3v) is 4.09. The molecule has 0 unspecified atom stereocenters. The number of carbonyl (C=O) groups excluding carboxylic acids is 1. The number of nitrogens with one attached hydrogen (secondary N) is 1. The quantitative estimate of drug-likeness (QED) is 0.897. The number of hydrogen-bond donors (Lipinski definition) is 2. The van der Waals surface area contributed by atoms with E-state index < -0.39 is 6.10 Å². The van der Waals surface area contributed by atoms with Gasteiger partial charge in [-0.1, -0.05) is 18.2 Å². The highest BCUT2D eigenvalue weighted by molar-refractivity contribution is 5.92. The summed E-state index contributed by atoms with van der Waals surface area (Å²) in [5.74, 6) is 0.461. The van der Waals surface area contributed by atoms with Crippen LogP contribution in [0.15, 0.2) is 42.6 Å². The fourth-order valence-corrected chi connectivity index (χ4v) is 2.88. The lowest BCUT2D eigenvalue weighted by molar-refractivity contribution is -0.0141. The Balaban J connectivity index is 1.63. The van der Waals surface area contributed by atoms with Crippen LogP contribution in [0.2, 0.25) is 0 Å². The predicted molar refractivity (Wildman–Crippen MR) is 85.2 cm³/mol. The second-order valence-corrected chi connectivity index (χ2v) is 5.85. The fraction of sp³-hybridized carbons (Fsp3) is 0.412. The van der Waals surface area contributed by atoms with E-state index in [1.807, 2.05) is 30.3 Å². The molecule has 0 radical (unpaired) electrons. The standard InChI is InChI=1S/C17H21N3O3/c1-20-11-10-14(19-20)17(22)18-13-8-5-9-15(16(13)21)23-12-6-3-2-4-7-12/h2-4,6-7,10-11,13,15-16,21H,5,8-9H2,1H3,(H,18,22)/t13-,15-,16-/m1/s1. The van der Waals surface area contributed by atoms with Crippen molar-refractivity contribution in [2.45, 2.75) is 37.5 Å². The molecule has 1 aliphatic rings. The topological polar surface area (TPSA) is 76.4 Å². The molecule has 2 aromatic rings. The molecule has 3 rings (SSSR count). The number of aromatic nitrogens is 2. The lowest BCUT2D eigenvalue weighted by Gasteiger charge is -2.35. The number of rotatable bonds is 4. The van der Waals surface area contributed by atoms with Crippen molar-refractivity contribution < 1.29 is 14.6 Å². The molecular weight excluding hydrogens is 294 g/mol. The molecule has 1 saturated carbocycles. The number of aliphatic hydroxyl groups is 1. The Bertz CT molecular complexity index is 656. The molecule has 1 aromatic carbocycles. The molecule has 1 heterocycles. The van der Waals surface area contributed by atoms with Gasteiger partial charge in [-0.3, -0.25) is 9.48 Å². The number of carbonyl (C=O) groups is 1. The van der Waals surface area contributed by atoms with E-state index in [1.54, 1.807) is 24.0 Å². The Morgan fingerprint density at radius 3 is 2.78 bits per heavy atom. The van der Waals surface area contributed by atoms with Gasteiger partial charge in [-0.2, -0.15) is 5.10 Å². The third-order valence-electron chi connectivity index (χ3n) is 4.09. The first-order chi connectivity index (χ1) is 11.1. The second kappa shape index (κ2) is 6.83. The molecule has 1 amide bonds. The molecule has 2 N–H and O–H groups in total. The van der Waals surface area contributed by atoms with Gasteiger partial charge in [0, 0.05) is 13.2 Å². The highest BCUT2D eigenvalue weighted by atomic mass is 16.5. The minimum absolute atomic E-state index is 0.269. The summed E-state index contributed by atoms with van der Waals surface area (Å²) in [6, 6.07) is 10.8. The smallest absolute Gasteiger partial charge is 0.272 e. The van der Waals surface area contributed by atoms with Crippen molar-refractivity contribution >= 4 is 5.91 Å². The van der Waals surface area contributed by atoms with Crippen LogP contribution in [0.4, 0.5) is 0 Å². The number of para-hydroxylation sites is 1. The Kier molecular flexibility index (Phi) is 4.62. The molecule has 1 aromatic heterocycles. The number of hydrogen-bond acceptors (Lipinski definition) is 4. The van der Waals surface area contributed by atoms with Gasteiger partial charge < -0.3 is 15.2 Å². The molecule has 1 fully saturated rings. The van der Waals surface area contributed by atoms with Gasteiger partial charge in [0.1, 0.15) is 23.7 Å². The maximum absolute atomic E-state index is 12.2. The molecular formula is C17H21N3O3. The number of amides is 1. The maximum Gasteiger partial charge on any atom is 0.272 e. The lowest BCUT2D eigenvalue weighted by Crippen LogP contribution is -2.52. The number of benzene rings is 1. The summed E-state index contributed by atoms with van der Waals surface area (Å²) < 4.78 is 7.45. The fourth-order valence-electron chi connectivity index (χ4n) is 2.88. The monoisotopic (exact) mass is 315 g/mol. The first-order valence-corrected chi connectivity index (χ1v) is 7.84. The van der Waals surface area contributed by atoms with Gasteiger partial charge in [-0.25, -0.2) is 0 Å². The number of aliphatic hydroxyl groups excluding tert-OH is 1. The first-order valence-electron chi connectivity index (χ1n) is 7.84. The van der Waals surface area contributed by atoms with Gasteiger partial charge in [-0.15, -0.1) is 0 Å². The number of aryl methyl sites for hydroxylation is 1. The average Bonchev–Trinajstić information content (AvgIpc) is 2.99. The average molecular weight is 315 g/mol. The summed E-state index contributed by atoms with van der Waals surface area (Å²) >= 11 is 0. The molecule has 6 nitrogen and oxygen atoms in total. The minimum atomic E-state index is -0.739. The van der Waals surface area contributed by atoms with Crippen LogP contribution >= 0.6 is 0 Å². The summed E-state index contributed by atoms with van der Waals surface area (Å²) in [4.78, 5) is 12.2. The van der Waals surface area contributed by atoms with Crippen molar-refractivity contribution in [3.8, 4) is 5.75 Å². The largest absolute Gasteiger partial charge is 0.488 e. The van der Waals surface area contributed by atoms with Gasteiger partial charge in [-0.05, 0) is 37.5 Å². The molecule has 0 saturated heterocycles. The summed E-state index contributed by atoms with van der Waals surface area (Å²) in [7, 11) is 1.76. The van der Waals surface area contributed by atoms with E-state index >= 15 is 0 Å². The Labute approximate surface area is 135 Å². The highest BCUT2D eigenvalue weighted by Crippen LogP contribution is 2.24. The normalized spacial score (nSPS) is 24.2. The second-order valence-electron chi connectivity index (χ2n) is 5.85. The van der Waals surface area contributed by atoms with Crippen molar-refractivity contribution in [2.75, 3.05) is 0 Å².